The Morgan fingerprint density at radius 2 is 2.19 bits per heavy atom. The first-order valence-corrected chi connectivity index (χ1v) is 6.32. The summed E-state index contributed by atoms with van der Waals surface area (Å²) in [5.41, 5.74) is 0. The van der Waals surface area contributed by atoms with Crippen LogP contribution in [-0.4, -0.2) is 19.7 Å². The van der Waals surface area contributed by atoms with E-state index in [4.69, 9.17) is 4.74 Å². The second-order valence-electron chi connectivity index (χ2n) is 3.53. The van der Waals surface area contributed by atoms with E-state index in [0.29, 0.717) is 12.4 Å². The molecule has 4 heteroatoms. The number of benzene rings is 1. The van der Waals surface area contributed by atoms with Crippen molar-refractivity contribution in [1.29, 1.82) is 0 Å². The maximum absolute atomic E-state index is 13.2. The molecule has 90 valence electrons. The van der Waals surface area contributed by atoms with Crippen LogP contribution in [0, 0.1) is 5.82 Å². The van der Waals surface area contributed by atoms with Crippen LogP contribution < -0.4 is 10.1 Å². The number of hydrogen-bond acceptors (Lipinski definition) is 2. The Morgan fingerprint density at radius 1 is 1.38 bits per heavy atom. The first-order chi connectivity index (χ1) is 7.74. The lowest BCUT2D eigenvalue weighted by Crippen LogP contribution is -2.18. The van der Waals surface area contributed by atoms with Crippen molar-refractivity contribution in [2.24, 2.45) is 0 Å². The van der Waals surface area contributed by atoms with Gasteiger partial charge in [-0.25, -0.2) is 4.39 Å². The Labute approximate surface area is 104 Å². The van der Waals surface area contributed by atoms with Crippen LogP contribution in [0.25, 0.3) is 0 Å². The van der Waals surface area contributed by atoms with Crippen molar-refractivity contribution < 1.29 is 9.13 Å². The highest BCUT2D eigenvalue weighted by molar-refractivity contribution is 9.10. The van der Waals surface area contributed by atoms with Gasteiger partial charge in [0.15, 0.2) is 11.6 Å². The maximum atomic E-state index is 13.2. The normalized spacial score (nSPS) is 10.4. The fourth-order valence-corrected chi connectivity index (χ4v) is 1.61. The Morgan fingerprint density at radius 3 is 2.94 bits per heavy atom. The van der Waals surface area contributed by atoms with Crippen molar-refractivity contribution in [2.75, 3.05) is 19.7 Å². The summed E-state index contributed by atoms with van der Waals surface area (Å²) in [7, 11) is 0. The van der Waals surface area contributed by atoms with Crippen molar-refractivity contribution in [3.63, 3.8) is 0 Å². The van der Waals surface area contributed by atoms with Gasteiger partial charge in [0, 0.05) is 4.47 Å². The lowest BCUT2D eigenvalue weighted by molar-refractivity contribution is 0.293. The summed E-state index contributed by atoms with van der Waals surface area (Å²) in [5, 5.41) is 3.26. The molecule has 0 saturated carbocycles. The van der Waals surface area contributed by atoms with Crippen molar-refractivity contribution in [3.8, 4) is 5.75 Å². The van der Waals surface area contributed by atoms with Crippen molar-refractivity contribution in [3.05, 3.63) is 28.5 Å². The average Bonchev–Trinajstić information content (AvgIpc) is 2.28. The number of nitrogens with one attached hydrogen (secondary N) is 1. The molecule has 0 bridgehead atoms. The standard InChI is InChI=1S/C12H17BrFNO/c1-2-6-15-7-3-8-16-12-9-10(13)4-5-11(12)14/h4-5,9,15H,2-3,6-8H2,1H3. The van der Waals surface area contributed by atoms with Gasteiger partial charge < -0.3 is 10.1 Å². The lowest BCUT2D eigenvalue weighted by Gasteiger charge is -2.08. The van der Waals surface area contributed by atoms with Gasteiger partial charge in [-0.05, 0) is 44.1 Å². The minimum atomic E-state index is -0.315. The summed E-state index contributed by atoms with van der Waals surface area (Å²) in [4.78, 5) is 0. The van der Waals surface area contributed by atoms with Gasteiger partial charge in [0.1, 0.15) is 0 Å². The van der Waals surface area contributed by atoms with Gasteiger partial charge in [0.05, 0.1) is 6.61 Å². The van der Waals surface area contributed by atoms with Crippen LogP contribution in [0.2, 0.25) is 0 Å². The third kappa shape index (κ3) is 4.94. The molecule has 0 spiro atoms. The Balaban J connectivity index is 2.23. The Kier molecular flexibility index (Phi) is 6.42. The summed E-state index contributed by atoms with van der Waals surface area (Å²) in [6, 6.07) is 4.70. The van der Waals surface area contributed by atoms with E-state index in [0.717, 1.165) is 30.4 Å². The molecule has 1 aromatic carbocycles. The molecule has 0 aliphatic carbocycles. The molecule has 1 rings (SSSR count). The molecule has 0 heterocycles. The van der Waals surface area contributed by atoms with Gasteiger partial charge in [-0.15, -0.1) is 0 Å². The SMILES string of the molecule is CCCNCCCOc1cc(Br)ccc1F. The van der Waals surface area contributed by atoms with Crippen LogP contribution in [0.4, 0.5) is 4.39 Å². The summed E-state index contributed by atoms with van der Waals surface area (Å²) in [5.74, 6) is -0.00501. The molecule has 0 atom stereocenters. The highest BCUT2D eigenvalue weighted by atomic mass is 79.9. The summed E-state index contributed by atoms with van der Waals surface area (Å²) in [6.07, 6.45) is 2.01. The Hall–Kier alpha value is -0.610. The molecule has 2 nitrogen and oxygen atoms in total. The number of rotatable bonds is 7. The van der Waals surface area contributed by atoms with E-state index in [1.54, 1.807) is 12.1 Å². The largest absolute Gasteiger partial charge is 0.490 e. The molecule has 0 unspecified atom stereocenters. The predicted octanol–water partition coefficient (Wildman–Crippen LogP) is 3.36. The van der Waals surface area contributed by atoms with Crippen LogP contribution in [0.15, 0.2) is 22.7 Å². The van der Waals surface area contributed by atoms with Crippen LogP contribution in [-0.2, 0) is 0 Å². The molecule has 0 fully saturated rings. The molecule has 0 aliphatic heterocycles. The molecule has 1 N–H and O–H groups in total. The summed E-state index contributed by atoms with van der Waals surface area (Å²) < 4.78 is 19.4. The molecule has 16 heavy (non-hydrogen) atoms. The van der Waals surface area contributed by atoms with Gasteiger partial charge in [0.25, 0.3) is 0 Å². The zero-order chi connectivity index (χ0) is 11.8. The van der Waals surface area contributed by atoms with Crippen LogP contribution >= 0.6 is 15.9 Å². The molecule has 0 aromatic heterocycles. The van der Waals surface area contributed by atoms with E-state index in [2.05, 4.69) is 28.2 Å². The highest BCUT2D eigenvalue weighted by Gasteiger charge is 2.03. The minimum Gasteiger partial charge on any atom is -0.490 e. The lowest BCUT2D eigenvalue weighted by atomic mass is 10.3. The topological polar surface area (TPSA) is 21.3 Å². The van der Waals surface area contributed by atoms with Crippen molar-refractivity contribution in [2.45, 2.75) is 19.8 Å². The fraction of sp³-hybridized carbons (Fsp3) is 0.500. The highest BCUT2D eigenvalue weighted by Crippen LogP contribution is 2.22. The first kappa shape index (κ1) is 13.5. The minimum absolute atomic E-state index is 0.310. The molecule has 0 aliphatic rings. The van der Waals surface area contributed by atoms with Gasteiger partial charge in [-0.2, -0.15) is 0 Å². The molecule has 0 amide bonds. The monoisotopic (exact) mass is 289 g/mol. The van der Waals surface area contributed by atoms with Gasteiger partial charge in [-0.3, -0.25) is 0 Å². The average molecular weight is 290 g/mol. The van der Waals surface area contributed by atoms with Crippen LogP contribution in [0.3, 0.4) is 0 Å². The zero-order valence-corrected chi connectivity index (χ0v) is 11.0. The van der Waals surface area contributed by atoms with Crippen LogP contribution in [0.1, 0.15) is 19.8 Å². The van der Waals surface area contributed by atoms with E-state index in [9.17, 15) is 4.39 Å². The van der Waals surface area contributed by atoms with Crippen molar-refractivity contribution in [1.82, 2.24) is 5.32 Å². The Bertz CT molecular complexity index is 320. The van der Waals surface area contributed by atoms with E-state index < -0.39 is 0 Å². The molecule has 0 saturated heterocycles. The quantitative estimate of drug-likeness (QED) is 0.777. The molecular formula is C12H17BrFNO. The van der Waals surface area contributed by atoms with Crippen LogP contribution in [0.5, 0.6) is 5.75 Å². The van der Waals surface area contributed by atoms with E-state index in [1.165, 1.54) is 6.07 Å². The van der Waals surface area contributed by atoms with Crippen molar-refractivity contribution >= 4 is 15.9 Å². The third-order valence-corrected chi connectivity index (χ3v) is 2.57. The van der Waals surface area contributed by atoms with Gasteiger partial charge in [-0.1, -0.05) is 22.9 Å². The number of ether oxygens (including phenoxy) is 1. The smallest absolute Gasteiger partial charge is 0.165 e. The second kappa shape index (κ2) is 7.63. The third-order valence-electron chi connectivity index (χ3n) is 2.08. The molecular weight excluding hydrogens is 273 g/mol. The second-order valence-corrected chi connectivity index (χ2v) is 4.44. The summed E-state index contributed by atoms with van der Waals surface area (Å²) in [6.45, 7) is 4.58. The zero-order valence-electron chi connectivity index (χ0n) is 9.43. The van der Waals surface area contributed by atoms with E-state index in [1.807, 2.05) is 0 Å². The summed E-state index contributed by atoms with van der Waals surface area (Å²) >= 11 is 3.28. The van der Waals surface area contributed by atoms with Gasteiger partial charge >= 0.3 is 0 Å². The van der Waals surface area contributed by atoms with E-state index in [-0.39, 0.29) is 5.82 Å². The molecule has 1 aromatic rings. The fourth-order valence-electron chi connectivity index (χ4n) is 1.27. The number of hydrogen-bond donors (Lipinski definition) is 1. The maximum Gasteiger partial charge on any atom is 0.165 e. The first-order valence-electron chi connectivity index (χ1n) is 5.52. The number of halogens is 2. The van der Waals surface area contributed by atoms with Gasteiger partial charge in [0.2, 0.25) is 0 Å². The van der Waals surface area contributed by atoms with E-state index >= 15 is 0 Å². The predicted molar refractivity (Wildman–Crippen MR) is 67.4 cm³/mol. The molecule has 0 radical (unpaired) electrons.